The second-order valence-corrected chi connectivity index (χ2v) is 10.0. The van der Waals surface area contributed by atoms with Crippen molar-refractivity contribution < 1.29 is 9.59 Å². The first kappa shape index (κ1) is 26.1. The van der Waals surface area contributed by atoms with Crippen molar-refractivity contribution in [2.45, 2.75) is 31.5 Å². The molecule has 198 valence electrons. The van der Waals surface area contributed by atoms with E-state index in [9.17, 15) is 9.59 Å². The van der Waals surface area contributed by atoms with E-state index >= 15 is 0 Å². The van der Waals surface area contributed by atoms with Crippen LogP contribution in [0.1, 0.15) is 16.7 Å². The number of fused-ring (bicyclic) bond motifs is 2. The van der Waals surface area contributed by atoms with Crippen molar-refractivity contribution >= 4 is 33.6 Å². The van der Waals surface area contributed by atoms with E-state index in [0.717, 1.165) is 38.5 Å². The summed E-state index contributed by atoms with van der Waals surface area (Å²) < 4.78 is 0. The van der Waals surface area contributed by atoms with Crippen molar-refractivity contribution in [3.63, 3.8) is 0 Å². The molecule has 2 heterocycles. The van der Waals surface area contributed by atoms with Gasteiger partial charge in [-0.15, -0.1) is 0 Å². The minimum absolute atomic E-state index is 0.181. The number of pyridine rings is 1. The van der Waals surface area contributed by atoms with Crippen LogP contribution in [0.25, 0.3) is 21.8 Å². The van der Waals surface area contributed by atoms with Gasteiger partial charge in [-0.05, 0) is 60.1 Å². The molecule has 0 saturated carbocycles. The third-order valence-electron chi connectivity index (χ3n) is 7.06. The first-order valence-corrected chi connectivity index (χ1v) is 13.1. The predicted octanol–water partition coefficient (Wildman–Crippen LogP) is 4.23. The summed E-state index contributed by atoms with van der Waals surface area (Å²) in [7, 11) is 3.77. The van der Waals surface area contributed by atoms with E-state index in [0.29, 0.717) is 19.4 Å². The van der Waals surface area contributed by atoms with Crippen LogP contribution in [-0.4, -0.2) is 52.9 Å². The zero-order valence-corrected chi connectivity index (χ0v) is 22.2. The molecule has 7 heteroatoms. The second kappa shape index (κ2) is 11.9. The van der Waals surface area contributed by atoms with Crippen molar-refractivity contribution in [1.82, 2.24) is 25.5 Å². The number of nitrogens with zero attached hydrogens (tertiary/aromatic N) is 2. The van der Waals surface area contributed by atoms with Crippen LogP contribution < -0.4 is 10.6 Å². The van der Waals surface area contributed by atoms with Crippen molar-refractivity contribution in [3.8, 4) is 0 Å². The van der Waals surface area contributed by atoms with Crippen molar-refractivity contribution in [1.29, 1.82) is 0 Å². The summed E-state index contributed by atoms with van der Waals surface area (Å²) in [4.78, 5) is 36.6. The molecule has 2 amide bonds. The van der Waals surface area contributed by atoms with Gasteiger partial charge in [0.25, 0.3) is 0 Å². The Morgan fingerprint density at radius 2 is 1.62 bits per heavy atom. The SMILES string of the molecule is CN(C)[C@@H](Cc1ccccc1)C(=O)N[C@@H](Cc1cccc2ccccc12)C(=O)NCc1cnc2[nH]ccc2c1. The van der Waals surface area contributed by atoms with Gasteiger partial charge < -0.3 is 15.6 Å². The van der Waals surface area contributed by atoms with Gasteiger partial charge >= 0.3 is 0 Å². The summed E-state index contributed by atoms with van der Waals surface area (Å²) in [5.41, 5.74) is 3.77. The number of carbonyl (C=O) groups is 2. The summed E-state index contributed by atoms with van der Waals surface area (Å²) in [6, 6.07) is 26.9. The van der Waals surface area contributed by atoms with E-state index < -0.39 is 12.1 Å². The Labute approximate surface area is 228 Å². The maximum atomic E-state index is 13.6. The molecule has 3 aromatic carbocycles. The minimum Gasteiger partial charge on any atom is -0.350 e. The number of carbonyl (C=O) groups excluding carboxylic acids is 2. The van der Waals surface area contributed by atoms with Gasteiger partial charge in [0.1, 0.15) is 11.7 Å². The molecule has 0 spiro atoms. The van der Waals surface area contributed by atoms with Crippen LogP contribution in [0, 0.1) is 0 Å². The van der Waals surface area contributed by atoms with Gasteiger partial charge in [-0.3, -0.25) is 14.5 Å². The highest BCUT2D eigenvalue weighted by Crippen LogP contribution is 2.20. The van der Waals surface area contributed by atoms with Crippen molar-refractivity contribution in [2.75, 3.05) is 14.1 Å². The molecule has 2 atom stereocenters. The van der Waals surface area contributed by atoms with Crippen molar-refractivity contribution in [3.05, 3.63) is 114 Å². The highest BCUT2D eigenvalue weighted by molar-refractivity contribution is 5.91. The third-order valence-corrected chi connectivity index (χ3v) is 7.06. The van der Waals surface area contributed by atoms with E-state index in [1.54, 1.807) is 6.20 Å². The number of hydrogen-bond acceptors (Lipinski definition) is 4. The number of hydrogen-bond donors (Lipinski definition) is 3. The summed E-state index contributed by atoms with van der Waals surface area (Å²) in [5, 5.41) is 9.26. The Hall–Kier alpha value is -4.49. The van der Waals surface area contributed by atoms with Crippen LogP contribution in [0.3, 0.4) is 0 Å². The smallest absolute Gasteiger partial charge is 0.243 e. The van der Waals surface area contributed by atoms with Gasteiger partial charge in [-0.25, -0.2) is 4.98 Å². The minimum atomic E-state index is -0.745. The van der Waals surface area contributed by atoms with Crippen LogP contribution in [0.5, 0.6) is 0 Å². The summed E-state index contributed by atoms with van der Waals surface area (Å²) in [6.07, 6.45) is 4.51. The number of aromatic amines is 1. The average Bonchev–Trinajstić information content (AvgIpc) is 3.43. The molecule has 0 aliphatic rings. The molecule has 0 fully saturated rings. The molecule has 7 nitrogen and oxygen atoms in total. The van der Waals surface area contributed by atoms with Crippen molar-refractivity contribution in [2.24, 2.45) is 0 Å². The molecule has 3 N–H and O–H groups in total. The molecule has 0 aliphatic heterocycles. The normalized spacial score (nSPS) is 12.9. The van der Waals surface area contributed by atoms with E-state index in [-0.39, 0.29) is 11.8 Å². The number of rotatable bonds is 10. The van der Waals surface area contributed by atoms with Gasteiger partial charge in [-0.2, -0.15) is 0 Å². The fourth-order valence-corrected chi connectivity index (χ4v) is 4.91. The second-order valence-electron chi connectivity index (χ2n) is 10.0. The van der Waals surface area contributed by atoms with Crippen LogP contribution in [0.2, 0.25) is 0 Å². The molecule has 0 aliphatic carbocycles. The Bertz CT molecular complexity index is 1570. The van der Waals surface area contributed by atoms with Crippen LogP contribution in [0.4, 0.5) is 0 Å². The van der Waals surface area contributed by atoms with Gasteiger partial charge in [0.15, 0.2) is 0 Å². The fraction of sp³-hybridized carbons (Fsp3) is 0.219. The van der Waals surface area contributed by atoms with Crippen LogP contribution in [0.15, 0.2) is 97.3 Å². The van der Waals surface area contributed by atoms with E-state index in [1.165, 1.54) is 0 Å². The Morgan fingerprint density at radius 3 is 2.44 bits per heavy atom. The zero-order valence-electron chi connectivity index (χ0n) is 22.2. The Balaban J connectivity index is 1.37. The molecule has 5 aromatic rings. The van der Waals surface area contributed by atoms with Gasteiger partial charge in [0.05, 0.1) is 6.04 Å². The largest absolute Gasteiger partial charge is 0.350 e. The van der Waals surface area contributed by atoms with Crippen LogP contribution in [-0.2, 0) is 29.0 Å². The summed E-state index contributed by atoms with van der Waals surface area (Å²) >= 11 is 0. The predicted molar refractivity (Wildman–Crippen MR) is 155 cm³/mol. The lowest BCUT2D eigenvalue weighted by Crippen LogP contribution is -2.53. The number of nitrogens with one attached hydrogen (secondary N) is 3. The number of likely N-dealkylation sites (N-methyl/N-ethyl adjacent to an activating group) is 1. The molecule has 0 saturated heterocycles. The number of amides is 2. The first-order chi connectivity index (χ1) is 19.0. The van der Waals surface area contributed by atoms with E-state index in [1.807, 2.05) is 91.9 Å². The van der Waals surface area contributed by atoms with Gasteiger partial charge in [-0.1, -0.05) is 72.8 Å². The van der Waals surface area contributed by atoms with E-state index in [2.05, 4.69) is 38.8 Å². The van der Waals surface area contributed by atoms with Crippen LogP contribution >= 0.6 is 0 Å². The lowest BCUT2D eigenvalue weighted by molar-refractivity contribution is -0.131. The standard InChI is InChI=1S/C32H33N5O2/c1-37(2)29(18-22-9-4-3-5-10-22)32(39)36-28(19-25-13-8-12-24-11-6-7-14-27(24)25)31(38)35-21-23-17-26-15-16-33-30(26)34-20-23/h3-17,20,28-29H,18-19,21H2,1-2H3,(H,33,34)(H,35,38)(H,36,39)/t28-,29-/m0/s1. The first-order valence-electron chi connectivity index (χ1n) is 13.1. The lowest BCUT2D eigenvalue weighted by Gasteiger charge is -2.27. The van der Waals surface area contributed by atoms with Gasteiger partial charge in [0.2, 0.25) is 11.8 Å². The molecule has 39 heavy (non-hydrogen) atoms. The monoisotopic (exact) mass is 519 g/mol. The fourth-order valence-electron chi connectivity index (χ4n) is 4.91. The zero-order chi connectivity index (χ0) is 27.2. The Morgan fingerprint density at radius 1 is 0.846 bits per heavy atom. The van der Waals surface area contributed by atoms with E-state index in [4.69, 9.17) is 0 Å². The lowest BCUT2D eigenvalue weighted by atomic mass is 9.97. The molecule has 5 rings (SSSR count). The average molecular weight is 520 g/mol. The number of aromatic nitrogens is 2. The molecule has 2 aromatic heterocycles. The molecule has 0 unspecified atom stereocenters. The maximum Gasteiger partial charge on any atom is 0.243 e. The molecular weight excluding hydrogens is 486 g/mol. The number of H-pyrrole nitrogens is 1. The highest BCUT2D eigenvalue weighted by Gasteiger charge is 2.28. The number of benzene rings is 3. The third kappa shape index (κ3) is 6.33. The summed E-state index contributed by atoms with van der Waals surface area (Å²) in [6.45, 7) is 0.315. The molecule has 0 radical (unpaired) electrons. The highest BCUT2D eigenvalue weighted by atomic mass is 16.2. The quantitative estimate of drug-likeness (QED) is 0.258. The topological polar surface area (TPSA) is 90.1 Å². The summed E-state index contributed by atoms with van der Waals surface area (Å²) in [5.74, 6) is -0.415. The molecule has 0 bridgehead atoms. The molecular formula is C32H33N5O2. The van der Waals surface area contributed by atoms with Gasteiger partial charge in [0, 0.05) is 30.7 Å². The maximum absolute atomic E-state index is 13.6. The Kier molecular flexibility index (Phi) is 7.99.